The Kier molecular flexibility index (Phi) is 3.87. The molecule has 1 aliphatic carbocycles. The van der Waals surface area contributed by atoms with E-state index in [1.165, 1.54) is 19.2 Å². The summed E-state index contributed by atoms with van der Waals surface area (Å²) in [5.74, 6) is 0.182. The monoisotopic (exact) mass is 321 g/mol. The molecule has 0 unspecified atom stereocenters. The largest absolute Gasteiger partial charge is 0.484 e. The van der Waals surface area contributed by atoms with Gasteiger partial charge in [-0.25, -0.2) is 4.98 Å². The summed E-state index contributed by atoms with van der Waals surface area (Å²) < 4.78 is 15.4. The van der Waals surface area contributed by atoms with E-state index < -0.39 is 16.9 Å². The van der Waals surface area contributed by atoms with Crippen molar-refractivity contribution in [3.63, 3.8) is 0 Å². The predicted molar refractivity (Wildman–Crippen MR) is 78.1 cm³/mol. The summed E-state index contributed by atoms with van der Waals surface area (Å²) in [4.78, 5) is 26.1. The minimum Gasteiger partial charge on any atom is -0.484 e. The number of esters is 1. The van der Waals surface area contributed by atoms with E-state index in [1.807, 2.05) is 0 Å². The molecule has 2 N–H and O–H groups in total. The summed E-state index contributed by atoms with van der Waals surface area (Å²) >= 11 is 0. The van der Waals surface area contributed by atoms with Crippen molar-refractivity contribution in [2.75, 3.05) is 13.7 Å². The highest BCUT2D eigenvalue weighted by Crippen LogP contribution is 2.42. The molecule has 1 aliphatic rings. The molecule has 9 nitrogen and oxygen atoms in total. The lowest BCUT2D eigenvalue weighted by Gasteiger charge is -2.11. The molecule has 3 rings (SSSR count). The number of carbonyl (C=O) groups excluding carboxylic acids is 1. The molecule has 0 aliphatic heterocycles. The van der Waals surface area contributed by atoms with Gasteiger partial charge in [0.2, 0.25) is 5.75 Å². The van der Waals surface area contributed by atoms with Crippen molar-refractivity contribution < 1.29 is 23.6 Å². The third-order valence-corrected chi connectivity index (χ3v) is 3.53. The number of hydrogen-bond acceptors (Lipinski definition) is 8. The van der Waals surface area contributed by atoms with Gasteiger partial charge in [0.1, 0.15) is 18.2 Å². The number of carbonyl (C=O) groups is 1. The number of rotatable bonds is 6. The minimum atomic E-state index is -1.04. The zero-order chi connectivity index (χ0) is 16.6. The van der Waals surface area contributed by atoms with E-state index >= 15 is 0 Å². The molecule has 1 fully saturated rings. The van der Waals surface area contributed by atoms with Crippen LogP contribution in [0.25, 0.3) is 11.1 Å². The number of nitro groups is 1. The Morgan fingerprint density at radius 2 is 2.30 bits per heavy atom. The number of oxazole rings is 1. The lowest BCUT2D eigenvalue weighted by atomic mass is 10.2. The van der Waals surface area contributed by atoms with Crippen molar-refractivity contribution in [1.29, 1.82) is 0 Å². The van der Waals surface area contributed by atoms with Crippen LogP contribution in [0, 0.1) is 10.1 Å². The minimum absolute atomic E-state index is 0.0275. The standard InChI is InChI=1S/C14H15N3O6/c1-21-14(18)8(15)6-22-12-5-11-9(4-10(12)17(19)20)16-13(23-11)7-2-3-7/h4-5,7-8H,2-3,6,15H2,1H3/t8-/m0/s1. The van der Waals surface area contributed by atoms with Gasteiger partial charge in [-0.1, -0.05) is 0 Å². The highest BCUT2D eigenvalue weighted by atomic mass is 16.6. The first kappa shape index (κ1) is 15.2. The maximum absolute atomic E-state index is 11.3. The Morgan fingerprint density at radius 3 is 2.91 bits per heavy atom. The molecule has 1 heterocycles. The second-order valence-electron chi connectivity index (χ2n) is 5.31. The van der Waals surface area contributed by atoms with E-state index in [2.05, 4.69) is 9.72 Å². The zero-order valence-corrected chi connectivity index (χ0v) is 12.4. The van der Waals surface area contributed by atoms with Crippen LogP contribution in [0.3, 0.4) is 0 Å². The van der Waals surface area contributed by atoms with E-state index in [0.717, 1.165) is 12.8 Å². The van der Waals surface area contributed by atoms with Gasteiger partial charge in [-0.15, -0.1) is 0 Å². The molecule has 122 valence electrons. The van der Waals surface area contributed by atoms with Gasteiger partial charge in [-0.05, 0) is 12.8 Å². The fourth-order valence-electron chi connectivity index (χ4n) is 2.12. The predicted octanol–water partition coefficient (Wildman–Crippen LogP) is 1.49. The maximum atomic E-state index is 11.3. The van der Waals surface area contributed by atoms with E-state index in [4.69, 9.17) is 14.9 Å². The molecule has 1 aromatic heterocycles. The highest BCUT2D eigenvalue weighted by molar-refractivity contribution is 5.79. The molecule has 0 spiro atoms. The number of hydrogen-bond donors (Lipinski definition) is 1. The molecule has 1 aromatic carbocycles. The maximum Gasteiger partial charge on any atom is 0.326 e. The fourth-order valence-corrected chi connectivity index (χ4v) is 2.12. The molecule has 0 bridgehead atoms. The summed E-state index contributed by atoms with van der Waals surface area (Å²) in [6.07, 6.45) is 2.01. The van der Waals surface area contributed by atoms with Crippen molar-refractivity contribution in [2.45, 2.75) is 24.8 Å². The van der Waals surface area contributed by atoms with E-state index in [1.54, 1.807) is 0 Å². The van der Waals surface area contributed by atoms with Gasteiger partial charge in [-0.3, -0.25) is 14.9 Å². The van der Waals surface area contributed by atoms with Gasteiger partial charge < -0.3 is 19.6 Å². The van der Waals surface area contributed by atoms with Crippen LogP contribution in [0.2, 0.25) is 0 Å². The van der Waals surface area contributed by atoms with E-state index in [9.17, 15) is 14.9 Å². The number of nitro benzene ring substituents is 1. The van der Waals surface area contributed by atoms with Crippen LogP contribution in [0.15, 0.2) is 16.5 Å². The molecule has 23 heavy (non-hydrogen) atoms. The summed E-state index contributed by atoms with van der Waals surface area (Å²) in [6.45, 7) is -0.247. The van der Waals surface area contributed by atoms with Gasteiger partial charge in [-0.2, -0.15) is 0 Å². The molecule has 1 saturated carbocycles. The number of fused-ring (bicyclic) bond motifs is 1. The molecular weight excluding hydrogens is 306 g/mol. The average molecular weight is 321 g/mol. The Balaban J connectivity index is 1.88. The van der Waals surface area contributed by atoms with Crippen LogP contribution in [0.4, 0.5) is 5.69 Å². The Labute approximate surface area is 130 Å². The third kappa shape index (κ3) is 3.09. The van der Waals surface area contributed by atoms with Gasteiger partial charge in [0.05, 0.1) is 12.0 Å². The molecule has 0 saturated heterocycles. The second kappa shape index (κ2) is 5.84. The first-order chi connectivity index (χ1) is 11.0. The second-order valence-corrected chi connectivity index (χ2v) is 5.31. The first-order valence-electron chi connectivity index (χ1n) is 7.04. The number of aromatic nitrogens is 1. The van der Waals surface area contributed by atoms with Crippen molar-refractivity contribution >= 4 is 22.8 Å². The van der Waals surface area contributed by atoms with Crippen molar-refractivity contribution in [1.82, 2.24) is 4.98 Å². The smallest absolute Gasteiger partial charge is 0.326 e. The number of benzene rings is 1. The fraction of sp³-hybridized carbons (Fsp3) is 0.429. The van der Waals surface area contributed by atoms with Crippen molar-refractivity contribution in [3.05, 3.63) is 28.1 Å². The van der Waals surface area contributed by atoms with Gasteiger partial charge in [0, 0.05) is 18.1 Å². The van der Waals surface area contributed by atoms with E-state index in [-0.39, 0.29) is 18.0 Å². The molecule has 0 amide bonds. The van der Waals surface area contributed by atoms with Crippen LogP contribution < -0.4 is 10.5 Å². The quantitative estimate of drug-likeness (QED) is 0.481. The number of ether oxygens (including phenoxy) is 2. The SMILES string of the molecule is COC(=O)[C@@H](N)COc1cc2oc(C3CC3)nc2cc1[N+](=O)[O-]. The van der Waals surface area contributed by atoms with Crippen LogP contribution in [0.5, 0.6) is 5.75 Å². The summed E-state index contributed by atoms with van der Waals surface area (Å²) in [5.41, 5.74) is 6.11. The zero-order valence-electron chi connectivity index (χ0n) is 12.4. The molecular formula is C14H15N3O6. The highest BCUT2D eigenvalue weighted by Gasteiger charge is 2.30. The Morgan fingerprint density at radius 1 is 1.57 bits per heavy atom. The van der Waals surface area contributed by atoms with Crippen LogP contribution in [0.1, 0.15) is 24.7 Å². The Bertz CT molecular complexity index is 767. The number of methoxy groups -OCH3 is 1. The summed E-state index contributed by atoms with van der Waals surface area (Å²) in [5, 5.41) is 11.2. The first-order valence-corrected chi connectivity index (χ1v) is 7.04. The number of nitrogens with zero attached hydrogens (tertiary/aromatic N) is 2. The third-order valence-electron chi connectivity index (χ3n) is 3.53. The normalized spacial score (nSPS) is 15.4. The van der Waals surface area contributed by atoms with Crippen molar-refractivity contribution in [2.24, 2.45) is 5.73 Å². The van der Waals surface area contributed by atoms with Crippen LogP contribution in [-0.2, 0) is 9.53 Å². The molecule has 2 aromatic rings. The lowest BCUT2D eigenvalue weighted by molar-refractivity contribution is -0.385. The average Bonchev–Trinajstić information content (AvgIpc) is 3.30. The molecule has 9 heteroatoms. The number of nitrogens with two attached hydrogens (primary N) is 1. The molecule has 0 radical (unpaired) electrons. The summed E-state index contributed by atoms with van der Waals surface area (Å²) in [7, 11) is 1.20. The Hall–Kier alpha value is -2.68. The van der Waals surface area contributed by atoms with Crippen LogP contribution >= 0.6 is 0 Å². The lowest BCUT2D eigenvalue weighted by Crippen LogP contribution is -2.37. The van der Waals surface area contributed by atoms with Crippen LogP contribution in [-0.4, -0.2) is 35.6 Å². The van der Waals surface area contributed by atoms with E-state index in [0.29, 0.717) is 22.9 Å². The molecule has 1 atom stereocenters. The summed E-state index contributed by atoms with van der Waals surface area (Å²) in [6, 6.07) is 1.66. The van der Waals surface area contributed by atoms with Gasteiger partial charge in [0.15, 0.2) is 11.5 Å². The van der Waals surface area contributed by atoms with Gasteiger partial charge in [0.25, 0.3) is 0 Å². The van der Waals surface area contributed by atoms with Crippen molar-refractivity contribution in [3.8, 4) is 5.75 Å². The van der Waals surface area contributed by atoms with Gasteiger partial charge >= 0.3 is 11.7 Å². The topological polar surface area (TPSA) is 131 Å².